The van der Waals surface area contributed by atoms with Crippen LogP contribution in [0, 0.1) is 0 Å². The lowest BCUT2D eigenvalue weighted by atomic mass is 9.88. The molecule has 1 saturated heterocycles. The van der Waals surface area contributed by atoms with Crippen LogP contribution in [0.4, 0.5) is 4.79 Å². The van der Waals surface area contributed by atoms with Crippen LogP contribution in [0.2, 0.25) is 0 Å². The van der Waals surface area contributed by atoms with E-state index in [1.165, 1.54) is 10.5 Å². The van der Waals surface area contributed by atoms with Crippen LogP contribution in [0.3, 0.4) is 0 Å². The molecule has 2 atom stereocenters. The zero-order chi connectivity index (χ0) is 16.4. The van der Waals surface area contributed by atoms with Gasteiger partial charge in [0, 0.05) is 6.20 Å². The molecular weight excluding hydrogens is 280 g/mol. The van der Waals surface area contributed by atoms with Crippen LogP contribution in [-0.4, -0.2) is 32.4 Å². The first-order valence-electron chi connectivity index (χ1n) is 7.52. The van der Waals surface area contributed by atoms with Crippen molar-refractivity contribution < 1.29 is 14.6 Å². The Bertz CT molecular complexity index is 565. The van der Waals surface area contributed by atoms with Crippen molar-refractivity contribution >= 4 is 6.09 Å². The van der Waals surface area contributed by atoms with Crippen molar-refractivity contribution in [1.82, 2.24) is 9.88 Å². The number of rotatable bonds is 5. The Labute approximate surface area is 131 Å². The van der Waals surface area contributed by atoms with Crippen molar-refractivity contribution in [2.75, 3.05) is 0 Å². The van der Waals surface area contributed by atoms with Crippen molar-refractivity contribution in [3.63, 3.8) is 0 Å². The molecule has 1 fully saturated rings. The molecule has 0 unspecified atom stereocenters. The Morgan fingerprint density at radius 1 is 1.41 bits per heavy atom. The third kappa shape index (κ3) is 3.14. The highest BCUT2D eigenvalue weighted by Crippen LogP contribution is 2.41. The Morgan fingerprint density at radius 2 is 2.14 bits per heavy atom. The lowest BCUT2D eigenvalue weighted by Crippen LogP contribution is -2.54. The molecule has 5 heteroatoms. The lowest BCUT2D eigenvalue weighted by Gasteiger charge is -2.37. The maximum atomic E-state index is 12.2. The summed E-state index contributed by atoms with van der Waals surface area (Å²) in [5, 5.41) is 10.9. The molecule has 0 aromatic carbocycles. The average Bonchev–Trinajstić information content (AvgIpc) is 2.60. The SMILES string of the molecule is CC(C)=CCC[C@@]1(C)OC(=O)N(Cc2ccccn2)[C@@]1(C)O. The fourth-order valence-corrected chi connectivity index (χ4v) is 2.60. The van der Waals surface area contributed by atoms with Crippen LogP contribution in [0.25, 0.3) is 0 Å². The van der Waals surface area contributed by atoms with E-state index in [2.05, 4.69) is 11.1 Å². The van der Waals surface area contributed by atoms with E-state index >= 15 is 0 Å². The third-order valence-electron chi connectivity index (χ3n) is 4.28. The molecule has 2 rings (SSSR count). The van der Waals surface area contributed by atoms with Gasteiger partial charge in [-0.3, -0.25) is 9.88 Å². The topological polar surface area (TPSA) is 62.7 Å². The number of aromatic nitrogens is 1. The van der Waals surface area contributed by atoms with Gasteiger partial charge in [-0.05, 0) is 52.7 Å². The Balaban J connectivity index is 2.16. The second-order valence-corrected chi connectivity index (χ2v) is 6.35. The monoisotopic (exact) mass is 304 g/mol. The summed E-state index contributed by atoms with van der Waals surface area (Å²) < 4.78 is 5.51. The minimum Gasteiger partial charge on any atom is -0.438 e. The molecule has 1 N–H and O–H groups in total. The maximum absolute atomic E-state index is 12.2. The fraction of sp³-hybridized carbons (Fsp3) is 0.529. The number of aliphatic hydroxyl groups is 1. The van der Waals surface area contributed by atoms with Crippen molar-refractivity contribution in [2.24, 2.45) is 0 Å². The molecule has 1 aromatic heterocycles. The van der Waals surface area contributed by atoms with E-state index in [1.54, 1.807) is 20.0 Å². The number of carbonyl (C=O) groups is 1. The van der Waals surface area contributed by atoms with Crippen LogP contribution >= 0.6 is 0 Å². The highest BCUT2D eigenvalue weighted by molar-refractivity contribution is 5.72. The number of carbonyl (C=O) groups excluding carboxylic acids is 1. The van der Waals surface area contributed by atoms with Crippen LogP contribution in [0.15, 0.2) is 36.0 Å². The van der Waals surface area contributed by atoms with Gasteiger partial charge in [-0.1, -0.05) is 17.7 Å². The zero-order valence-electron chi connectivity index (χ0n) is 13.7. The molecule has 0 saturated carbocycles. The molecule has 22 heavy (non-hydrogen) atoms. The van der Waals surface area contributed by atoms with Gasteiger partial charge in [-0.25, -0.2) is 4.79 Å². The molecule has 0 radical (unpaired) electrons. The normalized spacial score (nSPS) is 27.7. The molecular formula is C17H24N2O3. The summed E-state index contributed by atoms with van der Waals surface area (Å²) >= 11 is 0. The van der Waals surface area contributed by atoms with Crippen molar-refractivity contribution in [3.8, 4) is 0 Å². The predicted molar refractivity (Wildman–Crippen MR) is 84.0 cm³/mol. The zero-order valence-corrected chi connectivity index (χ0v) is 13.7. The van der Waals surface area contributed by atoms with E-state index in [0.29, 0.717) is 12.1 Å². The number of amides is 1. The van der Waals surface area contributed by atoms with Gasteiger partial charge in [0.05, 0.1) is 12.2 Å². The van der Waals surface area contributed by atoms with Crippen LogP contribution in [-0.2, 0) is 11.3 Å². The van der Waals surface area contributed by atoms with Gasteiger partial charge in [-0.15, -0.1) is 0 Å². The Kier molecular flexibility index (Phi) is 4.56. The van der Waals surface area contributed by atoms with Crippen molar-refractivity contribution in [2.45, 2.75) is 58.4 Å². The standard InChI is InChI=1S/C17H24N2O3/c1-13(2)8-7-10-16(3)17(4,21)19(15(20)22-16)12-14-9-5-6-11-18-14/h5-6,8-9,11,21H,7,10,12H2,1-4H3/t16-,17+/m1/s1. The van der Waals surface area contributed by atoms with Gasteiger partial charge in [0.1, 0.15) is 0 Å². The molecule has 5 nitrogen and oxygen atoms in total. The summed E-state index contributed by atoms with van der Waals surface area (Å²) in [5.74, 6) is 0. The van der Waals surface area contributed by atoms with Gasteiger partial charge in [0.25, 0.3) is 0 Å². The minimum atomic E-state index is -1.38. The number of nitrogens with zero attached hydrogens (tertiary/aromatic N) is 2. The van der Waals surface area contributed by atoms with E-state index in [1.807, 2.05) is 32.0 Å². The quantitative estimate of drug-likeness (QED) is 0.848. The van der Waals surface area contributed by atoms with Gasteiger partial charge in [0.2, 0.25) is 0 Å². The van der Waals surface area contributed by atoms with Crippen LogP contribution in [0.5, 0.6) is 0 Å². The van der Waals surface area contributed by atoms with E-state index < -0.39 is 17.4 Å². The van der Waals surface area contributed by atoms with Gasteiger partial charge in [-0.2, -0.15) is 0 Å². The van der Waals surface area contributed by atoms with Gasteiger partial charge >= 0.3 is 6.09 Å². The predicted octanol–water partition coefficient (Wildman–Crippen LogP) is 3.25. The second-order valence-electron chi connectivity index (χ2n) is 6.35. The van der Waals surface area contributed by atoms with Crippen molar-refractivity contribution in [1.29, 1.82) is 0 Å². The first-order valence-corrected chi connectivity index (χ1v) is 7.52. The number of allylic oxidation sites excluding steroid dienone is 2. The van der Waals surface area contributed by atoms with Gasteiger partial charge in [0.15, 0.2) is 11.3 Å². The summed E-state index contributed by atoms with van der Waals surface area (Å²) in [6.07, 6.45) is 4.56. The maximum Gasteiger partial charge on any atom is 0.413 e. The summed E-state index contributed by atoms with van der Waals surface area (Å²) in [4.78, 5) is 17.8. The average molecular weight is 304 g/mol. The molecule has 1 aliphatic rings. The lowest BCUT2D eigenvalue weighted by molar-refractivity contribution is -0.141. The molecule has 0 aliphatic carbocycles. The van der Waals surface area contributed by atoms with Gasteiger partial charge < -0.3 is 9.84 Å². The van der Waals surface area contributed by atoms with E-state index in [9.17, 15) is 9.90 Å². The fourth-order valence-electron chi connectivity index (χ4n) is 2.60. The molecule has 1 aliphatic heterocycles. The molecule has 2 heterocycles. The second kappa shape index (κ2) is 6.08. The summed E-state index contributed by atoms with van der Waals surface area (Å²) in [6, 6.07) is 5.49. The number of hydrogen-bond acceptors (Lipinski definition) is 4. The molecule has 120 valence electrons. The molecule has 1 amide bonds. The first kappa shape index (κ1) is 16.5. The van der Waals surface area contributed by atoms with Crippen molar-refractivity contribution in [3.05, 3.63) is 41.7 Å². The highest BCUT2D eigenvalue weighted by atomic mass is 16.6. The molecule has 1 aromatic rings. The van der Waals surface area contributed by atoms with E-state index in [4.69, 9.17) is 4.74 Å². The highest BCUT2D eigenvalue weighted by Gasteiger charge is 2.58. The third-order valence-corrected chi connectivity index (χ3v) is 4.28. The number of cyclic esters (lactones) is 1. The summed E-state index contributed by atoms with van der Waals surface area (Å²) in [7, 11) is 0. The minimum absolute atomic E-state index is 0.227. The Hall–Kier alpha value is -1.88. The molecule has 0 spiro atoms. The van der Waals surface area contributed by atoms with Crippen LogP contribution < -0.4 is 0 Å². The van der Waals surface area contributed by atoms with E-state index in [0.717, 1.165) is 6.42 Å². The molecule has 0 bridgehead atoms. The largest absolute Gasteiger partial charge is 0.438 e. The number of pyridine rings is 1. The van der Waals surface area contributed by atoms with Crippen LogP contribution in [0.1, 0.15) is 46.2 Å². The Morgan fingerprint density at radius 3 is 2.73 bits per heavy atom. The summed E-state index contributed by atoms with van der Waals surface area (Å²) in [6.45, 7) is 7.68. The number of hydrogen-bond donors (Lipinski definition) is 1. The number of ether oxygens (including phenoxy) is 1. The summed E-state index contributed by atoms with van der Waals surface area (Å²) in [5.41, 5.74) is -0.395. The first-order chi connectivity index (χ1) is 10.3. The smallest absolute Gasteiger partial charge is 0.413 e. The van der Waals surface area contributed by atoms with E-state index in [-0.39, 0.29) is 6.54 Å².